The fourth-order valence-electron chi connectivity index (χ4n) is 2.22. The Balaban J connectivity index is 1.87. The van der Waals surface area contributed by atoms with Crippen LogP contribution in [-0.4, -0.2) is 24.6 Å². The molecule has 0 spiro atoms. The molecule has 0 bridgehead atoms. The third-order valence-corrected chi connectivity index (χ3v) is 3.43. The quantitative estimate of drug-likeness (QED) is 0.714. The zero-order chi connectivity index (χ0) is 13.7. The summed E-state index contributed by atoms with van der Waals surface area (Å²) in [6.45, 7) is 0. The first-order valence-corrected chi connectivity index (χ1v) is 6.39. The molecule has 4 rings (SSSR count). The lowest BCUT2D eigenvalue weighted by atomic mass is 10.2. The molecule has 3 aromatic heterocycles. The summed E-state index contributed by atoms with van der Waals surface area (Å²) in [4.78, 5) is 31.9. The Labute approximate surface area is 112 Å². The molecule has 3 aromatic rings. The molecule has 1 aliphatic carbocycles. The van der Waals surface area contributed by atoms with Crippen molar-refractivity contribution < 1.29 is 0 Å². The van der Waals surface area contributed by atoms with Crippen LogP contribution in [-0.2, 0) is 0 Å². The van der Waals surface area contributed by atoms with E-state index >= 15 is 0 Å². The van der Waals surface area contributed by atoms with Crippen molar-refractivity contribution >= 4 is 5.65 Å². The zero-order valence-electron chi connectivity index (χ0n) is 10.5. The Morgan fingerprint density at radius 2 is 2.10 bits per heavy atom. The van der Waals surface area contributed by atoms with Crippen LogP contribution in [0, 0.1) is 0 Å². The van der Waals surface area contributed by atoms with Gasteiger partial charge in [-0.1, -0.05) is 0 Å². The van der Waals surface area contributed by atoms with Crippen LogP contribution in [0.3, 0.4) is 0 Å². The Hall–Kier alpha value is -2.70. The Morgan fingerprint density at radius 3 is 2.85 bits per heavy atom. The lowest BCUT2D eigenvalue weighted by Gasteiger charge is -1.99. The molecular formula is C13H11N5O2. The van der Waals surface area contributed by atoms with Gasteiger partial charge in [0, 0.05) is 12.1 Å². The largest absolute Gasteiger partial charge is 0.325 e. The number of hydrogen-bond donors (Lipinski definition) is 2. The molecule has 7 nitrogen and oxygen atoms in total. The summed E-state index contributed by atoms with van der Waals surface area (Å²) < 4.78 is 1.67. The van der Waals surface area contributed by atoms with E-state index in [2.05, 4.69) is 20.1 Å². The predicted octanol–water partition coefficient (Wildman–Crippen LogP) is 0.650. The van der Waals surface area contributed by atoms with E-state index in [4.69, 9.17) is 0 Å². The van der Waals surface area contributed by atoms with Gasteiger partial charge in [-0.25, -0.2) is 14.3 Å². The number of rotatable bonds is 2. The van der Waals surface area contributed by atoms with E-state index in [1.807, 2.05) is 12.3 Å². The highest BCUT2D eigenvalue weighted by atomic mass is 16.2. The van der Waals surface area contributed by atoms with E-state index in [-0.39, 0.29) is 0 Å². The molecular weight excluding hydrogens is 258 g/mol. The summed E-state index contributed by atoms with van der Waals surface area (Å²) in [5.74, 6) is 0.552. The average molecular weight is 269 g/mol. The molecule has 1 fully saturated rings. The summed E-state index contributed by atoms with van der Waals surface area (Å²) >= 11 is 0. The lowest BCUT2D eigenvalue weighted by Crippen LogP contribution is -2.22. The third kappa shape index (κ3) is 1.75. The first kappa shape index (κ1) is 11.2. The maximum atomic E-state index is 11.8. The van der Waals surface area contributed by atoms with Gasteiger partial charge in [0.05, 0.1) is 23.1 Å². The van der Waals surface area contributed by atoms with E-state index in [0.29, 0.717) is 17.2 Å². The zero-order valence-corrected chi connectivity index (χ0v) is 10.5. The summed E-state index contributed by atoms with van der Waals surface area (Å²) in [5, 5.41) is 4.38. The highest BCUT2D eigenvalue weighted by molar-refractivity contribution is 5.58. The van der Waals surface area contributed by atoms with Crippen LogP contribution < -0.4 is 11.2 Å². The topological polar surface area (TPSA) is 95.9 Å². The molecule has 1 saturated carbocycles. The fourth-order valence-corrected chi connectivity index (χ4v) is 2.22. The molecule has 0 amide bonds. The van der Waals surface area contributed by atoms with E-state index in [9.17, 15) is 9.59 Å². The molecule has 0 aliphatic heterocycles. The van der Waals surface area contributed by atoms with Crippen LogP contribution in [0.15, 0.2) is 34.1 Å². The van der Waals surface area contributed by atoms with E-state index in [1.54, 1.807) is 10.6 Å². The minimum absolute atomic E-state index is 0.327. The van der Waals surface area contributed by atoms with E-state index < -0.39 is 11.2 Å². The lowest BCUT2D eigenvalue weighted by molar-refractivity contribution is 0.929. The van der Waals surface area contributed by atoms with E-state index in [1.165, 1.54) is 19.0 Å². The number of nitrogens with one attached hydrogen (secondary N) is 2. The summed E-state index contributed by atoms with van der Waals surface area (Å²) in [6.07, 6.45) is 5.62. The summed E-state index contributed by atoms with van der Waals surface area (Å²) in [6, 6.07) is 3.54. The SMILES string of the molecule is O=c1[nH]cc(-c2ccc3nc(C4CC4)cn3n2)c(=O)[nH]1. The molecule has 20 heavy (non-hydrogen) atoms. The number of hydrogen-bond acceptors (Lipinski definition) is 4. The van der Waals surface area contributed by atoms with Crippen LogP contribution in [0.1, 0.15) is 24.5 Å². The highest BCUT2D eigenvalue weighted by Gasteiger charge is 2.26. The molecule has 2 N–H and O–H groups in total. The molecule has 0 atom stereocenters. The molecule has 0 aromatic carbocycles. The Kier molecular flexibility index (Phi) is 2.17. The van der Waals surface area contributed by atoms with Crippen molar-refractivity contribution in [2.24, 2.45) is 0 Å². The molecule has 0 unspecified atom stereocenters. The molecule has 1 aliphatic rings. The van der Waals surface area contributed by atoms with Crippen LogP contribution in [0.25, 0.3) is 16.9 Å². The Morgan fingerprint density at radius 1 is 1.25 bits per heavy atom. The van der Waals surface area contributed by atoms with Crippen LogP contribution in [0.5, 0.6) is 0 Å². The first-order chi connectivity index (χ1) is 9.70. The minimum Gasteiger partial charge on any atom is -0.313 e. The smallest absolute Gasteiger partial charge is 0.313 e. The Bertz CT molecular complexity index is 916. The molecule has 3 heterocycles. The number of nitrogens with zero attached hydrogens (tertiary/aromatic N) is 3. The van der Waals surface area contributed by atoms with Gasteiger partial charge in [0.2, 0.25) is 0 Å². The number of H-pyrrole nitrogens is 2. The van der Waals surface area contributed by atoms with Crippen molar-refractivity contribution in [1.82, 2.24) is 24.6 Å². The predicted molar refractivity (Wildman–Crippen MR) is 71.6 cm³/mol. The highest BCUT2D eigenvalue weighted by Crippen LogP contribution is 2.39. The van der Waals surface area contributed by atoms with Gasteiger partial charge < -0.3 is 4.98 Å². The van der Waals surface area contributed by atoms with Gasteiger partial charge in [0.25, 0.3) is 5.56 Å². The molecule has 0 radical (unpaired) electrons. The first-order valence-electron chi connectivity index (χ1n) is 6.39. The van der Waals surface area contributed by atoms with Gasteiger partial charge in [0.1, 0.15) is 0 Å². The van der Waals surface area contributed by atoms with Crippen LogP contribution in [0.2, 0.25) is 0 Å². The van der Waals surface area contributed by atoms with Crippen molar-refractivity contribution in [2.45, 2.75) is 18.8 Å². The molecule has 100 valence electrons. The number of aromatic amines is 2. The summed E-state index contributed by atoms with van der Waals surface area (Å²) in [5.41, 5.74) is 1.64. The van der Waals surface area contributed by atoms with Gasteiger partial charge in [0.15, 0.2) is 5.65 Å². The monoisotopic (exact) mass is 269 g/mol. The van der Waals surface area contributed by atoms with Crippen molar-refractivity contribution in [2.75, 3.05) is 0 Å². The minimum atomic E-state index is -0.529. The maximum absolute atomic E-state index is 11.8. The normalized spacial score (nSPS) is 14.8. The van der Waals surface area contributed by atoms with Gasteiger partial charge in [-0.05, 0) is 25.0 Å². The summed E-state index contributed by atoms with van der Waals surface area (Å²) in [7, 11) is 0. The second-order valence-corrected chi connectivity index (χ2v) is 4.95. The van der Waals surface area contributed by atoms with Gasteiger partial charge in [-0.2, -0.15) is 5.10 Å². The second kappa shape index (κ2) is 3.89. The van der Waals surface area contributed by atoms with Crippen LogP contribution >= 0.6 is 0 Å². The van der Waals surface area contributed by atoms with E-state index in [0.717, 1.165) is 11.3 Å². The number of aromatic nitrogens is 5. The van der Waals surface area contributed by atoms with Crippen molar-refractivity contribution in [3.05, 3.63) is 51.1 Å². The van der Waals surface area contributed by atoms with Crippen molar-refractivity contribution in [3.8, 4) is 11.3 Å². The van der Waals surface area contributed by atoms with Crippen molar-refractivity contribution in [1.29, 1.82) is 0 Å². The number of imidazole rings is 1. The second-order valence-electron chi connectivity index (χ2n) is 4.95. The standard InChI is InChI=1S/C13H11N5O2/c19-12-8(5-14-13(20)16-12)9-3-4-11-15-10(7-1-2-7)6-18(11)17-9/h3-7H,1-2H2,(H2,14,16,19,20). The third-order valence-electron chi connectivity index (χ3n) is 3.43. The molecule has 7 heteroatoms. The average Bonchev–Trinajstić information content (AvgIpc) is 3.18. The van der Waals surface area contributed by atoms with Gasteiger partial charge in [-0.15, -0.1) is 0 Å². The number of fused-ring (bicyclic) bond motifs is 1. The van der Waals surface area contributed by atoms with Crippen LogP contribution in [0.4, 0.5) is 0 Å². The van der Waals surface area contributed by atoms with Crippen molar-refractivity contribution in [3.63, 3.8) is 0 Å². The maximum Gasteiger partial charge on any atom is 0.325 e. The van der Waals surface area contributed by atoms with Gasteiger partial charge in [-0.3, -0.25) is 9.78 Å². The van der Waals surface area contributed by atoms with Gasteiger partial charge >= 0.3 is 5.69 Å². The molecule has 0 saturated heterocycles. The fraction of sp³-hybridized carbons (Fsp3) is 0.231.